The number of carbonyl (C=O) groups is 1. The van der Waals surface area contributed by atoms with E-state index in [1.54, 1.807) is 13.0 Å². The molecule has 1 unspecified atom stereocenters. The van der Waals surface area contributed by atoms with Crippen molar-refractivity contribution in [3.05, 3.63) is 33.8 Å². The van der Waals surface area contributed by atoms with Crippen molar-refractivity contribution in [3.8, 4) is 0 Å². The van der Waals surface area contributed by atoms with E-state index >= 15 is 0 Å². The molecule has 1 aromatic carbocycles. The molecule has 6 heteroatoms. The van der Waals surface area contributed by atoms with Crippen LogP contribution in [0, 0.1) is 6.92 Å². The van der Waals surface area contributed by atoms with Crippen LogP contribution in [0.25, 0.3) is 0 Å². The van der Waals surface area contributed by atoms with Crippen LogP contribution < -0.4 is 0 Å². The molecule has 0 aromatic heterocycles. The summed E-state index contributed by atoms with van der Waals surface area (Å²) in [5, 5.41) is 8.98. The first kappa shape index (κ1) is 13.2. The van der Waals surface area contributed by atoms with Crippen molar-refractivity contribution in [2.45, 2.75) is 13.3 Å². The van der Waals surface area contributed by atoms with Gasteiger partial charge in [0.15, 0.2) is 0 Å². The van der Waals surface area contributed by atoms with Gasteiger partial charge in [0, 0.05) is 5.75 Å². The summed E-state index contributed by atoms with van der Waals surface area (Å²) in [7, 11) is 0. The van der Waals surface area contributed by atoms with Crippen LogP contribution in [-0.2, 0) is 17.5 Å². The summed E-state index contributed by atoms with van der Waals surface area (Å²) in [6, 6.07) is 2.98. The van der Waals surface area contributed by atoms with Crippen molar-refractivity contribution in [1.82, 2.24) is 0 Å². The van der Waals surface area contributed by atoms with Gasteiger partial charge in [0.05, 0.1) is 10.6 Å². The van der Waals surface area contributed by atoms with Gasteiger partial charge in [-0.15, -0.1) is 0 Å². The minimum Gasteiger partial charge on any atom is -0.772 e. The van der Waals surface area contributed by atoms with E-state index in [-0.39, 0.29) is 16.3 Å². The van der Waals surface area contributed by atoms with Gasteiger partial charge in [-0.05, 0) is 30.5 Å². The number of aryl methyl sites for hydroxylation is 1. The van der Waals surface area contributed by atoms with Crippen LogP contribution in [-0.4, -0.2) is 25.6 Å². The lowest BCUT2D eigenvalue weighted by Crippen LogP contribution is -2.04. The topological polar surface area (TPSA) is 77.4 Å². The highest BCUT2D eigenvalue weighted by atomic mass is 35.5. The van der Waals surface area contributed by atoms with Crippen molar-refractivity contribution >= 4 is 28.7 Å². The molecule has 0 heterocycles. The highest BCUT2D eigenvalue weighted by Crippen LogP contribution is 2.24. The first-order valence-electron chi connectivity index (χ1n) is 4.50. The Morgan fingerprint density at radius 2 is 2.19 bits per heavy atom. The minimum absolute atomic E-state index is 0.00356. The first-order valence-corrected chi connectivity index (χ1v) is 6.12. The fourth-order valence-electron chi connectivity index (χ4n) is 1.35. The number of aromatic carboxylic acids is 1. The minimum atomic E-state index is -2.10. The lowest BCUT2D eigenvalue weighted by Gasteiger charge is -2.10. The molecule has 0 saturated carbocycles. The van der Waals surface area contributed by atoms with E-state index in [1.807, 2.05) is 0 Å². The van der Waals surface area contributed by atoms with Gasteiger partial charge in [-0.3, -0.25) is 4.21 Å². The molecule has 1 atom stereocenters. The molecule has 0 fully saturated rings. The van der Waals surface area contributed by atoms with Gasteiger partial charge < -0.3 is 9.66 Å². The zero-order valence-corrected chi connectivity index (χ0v) is 10.1. The highest BCUT2D eigenvalue weighted by Gasteiger charge is 2.12. The van der Waals surface area contributed by atoms with Gasteiger partial charge in [0.2, 0.25) is 0 Å². The second-order valence-corrected chi connectivity index (χ2v) is 4.67. The van der Waals surface area contributed by atoms with Gasteiger partial charge in [0.1, 0.15) is 0 Å². The number of benzene rings is 1. The quantitative estimate of drug-likeness (QED) is 0.838. The summed E-state index contributed by atoms with van der Waals surface area (Å²) in [4.78, 5) is 10.8. The lowest BCUT2D eigenvalue weighted by molar-refractivity contribution is 0.0697. The van der Waals surface area contributed by atoms with Crippen LogP contribution in [0.2, 0.25) is 5.02 Å². The van der Waals surface area contributed by atoms with Crippen molar-refractivity contribution in [2.75, 3.05) is 5.75 Å². The van der Waals surface area contributed by atoms with Crippen LogP contribution in [0.15, 0.2) is 12.1 Å². The molecule has 0 aliphatic carbocycles. The van der Waals surface area contributed by atoms with Crippen molar-refractivity contribution in [2.24, 2.45) is 0 Å². The van der Waals surface area contributed by atoms with Crippen LogP contribution >= 0.6 is 11.6 Å². The maximum absolute atomic E-state index is 10.8. The van der Waals surface area contributed by atoms with Crippen LogP contribution in [0.3, 0.4) is 0 Å². The molecule has 16 heavy (non-hydrogen) atoms. The Labute approximate surface area is 101 Å². The SMILES string of the molecule is Cc1c(CCS(=O)[O-])ccc(C(=O)O)c1Cl. The lowest BCUT2D eigenvalue weighted by atomic mass is 10.0. The Morgan fingerprint density at radius 3 is 2.69 bits per heavy atom. The van der Waals surface area contributed by atoms with E-state index in [0.717, 1.165) is 5.56 Å². The van der Waals surface area contributed by atoms with Crippen molar-refractivity contribution in [1.29, 1.82) is 0 Å². The van der Waals surface area contributed by atoms with E-state index in [9.17, 15) is 13.6 Å². The average molecular weight is 262 g/mol. The standard InChI is InChI=1S/C10H11ClO4S/c1-6-7(4-5-16(14)15)2-3-8(9(6)11)10(12)13/h2-3H,4-5H2,1H3,(H,12,13)(H,14,15)/p-1. The number of hydrogen-bond donors (Lipinski definition) is 1. The molecule has 0 spiro atoms. The van der Waals surface area contributed by atoms with E-state index in [4.69, 9.17) is 16.7 Å². The second-order valence-electron chi connectivity index (χ2n) is 3.27. The summed E-state index contributed by atoms with van der Waals surface area (Å²) in [5.74, 6) is -1.09. The molecule has 0 aliphatic rings. The van der Waals surface area contributed by atoms with Crippen molar-refractivity contribution in [3.63, 3.8) is 0 Å². The molecule has 4 nitrogen and oxygen atoms in total. The van der Waals surface area contributed by atoms with Gasteiger partial charge in [-0.2, -0.15) is 0 Å². The molecule has 1 rings (SSSR count). The zero-order chi connectivity index (χ0) is 12.3. The smallest absolute Gasteiger partial charge is 0.337 e. The third-order valence-electron chi connectivity index (χ3n) is 2.27. The normalized spacial score (nSPS) is 12.4. The molecular weight excluding hydrogens is 252 g/mol. The molecule has 0 aliphatic heterocycles. The van der Waals surface area contributed by atoms with E-state index < -0.39 is 17.0 Å². The Bertz CT molecular complexity index is 445. The second kappa shape index (κ2) is 5.43. The van der Waals surface area contributed by atoms with Gasteiger partial charge in [0.25, 0.3) is 0 Å². The maximum atomic E-state index is 10.8. The predicted molar refractivity (Wildman–Crippen MR) is 60.6 cm³/mol. The maximum Gasteiger partial charge on any atom is 0.337 e. The van der Waals surface area contributed by atoms with E-state index in [0.29, 0.717) is 12.0 Å². The van der Waals surface area contributed by atoms with E-state index in [2.05, 4.69) is 0 Å². The molecule has 0 amide bonds. The highest BCUT2D eigenvalue weighted by molar-refractivity contribution is 7.79. The Balaban J connectivity index is 3.02. The third-order valence-corrected chi connectivity index (χ3v) is 3.29. The largest absolute Gasteiger partial charge is 0.772 e. The molecular formula is C10H10ClO4S-. The number of halogens is 1. The Kier molecular flexibility index (Phi) is 4.46. The predicted octanol–water partition coefficient (Wildman–Crippen LogP) is 1.77. The molecule has 1 aromatic rings. The Morgan fingerprint density at radius 1 is 1.56 bits per heavy atom. The average Bonchev–Trinajstić information content (AvgIpc) is 2.19. The molecule has 88 valence electrons. The van der Waals surface area contributed by atoms with Crippen LogP contribution in [0.5, 0.6) is 0 Å². The number of rotatable bonds is 4. The molecule has 1 N–H and O–H groups in total. The van der Waals surface area contributed by atoms with Crippen LogP contribution in [0.1, 0.15) is 21.5 Å². The van der Waals surface area contributed by atoms with Gasteiger partial charge in [-0.25, -0.2) is 4.79 Å². The molecule has 0 saturated heterocycles. The van der Waals surface area contributed by atoms with Crippen LogP contribution in [0.4, 0.5) is 0 Å². The summed E-state index contributed by atoms with van der Waals surface area (Å²) < 4.78 is 20.8. The molecule has 0 bridgehead atoms. The zero-order valence-electron chi connectivity index (χ0n) is 8.53. The van der Waals surface area contributed by atoms with Crippen molar-refractivity contribution < 1.29 is 18.7 Å². The Hall–Kier alpha value is -0.910. The third kappa shape index (κ3) is 3.04. The van der Waals surface area contributed by atoms with Gasteiger partial charge >= 0.3 is 5.97 Å². The van der Waals surface area contributed by atoms with Gasteiger partial charge in [-0.1, -0.05) is 28.7 Å². The number of hydrogen-bond acceptors (Lipinski definition) is 3. The fraction of sp³-hybridized carbons (Fsp3) is 0.300. The monoisotopic (exact) mass is 261 g/mol. The summed E-state index contributed by atoms with van der Waals surface area (Å²) in [5.41, 5.74) is 1.40. The fourth-order valence-corrected chi connectivity index (χ4v) is 2.01. The summed E-state index contributed by atoms with van der Waals surface area (Å²) >= 11 is 3.77. The van der Waals surface area contributed by atoms with E-state index in [1.165, 1.54) is 6.07 Å². The number of carboxylic acids is 1. The number of carboxylic acid groups (broad SMARTS) is 1. The summed E-state index contributed by atoms with van der Waals surface area (Å²) in [6.45, 7) is 1.68. The first-order chi connectivity index (χ1) is 7.43. The summed E-state index contributed by atoms with van der Waals surface area (Å²) in [6.07, 6.45) is 0.335. The molecule has 0 radical (unpaired) electrons.